The molecule has 1 aliphatic rings. The van der Waals surface area contributed by atoms with Gasteiger partial charge in [0.25, 0.3) is 0 Å². The summed E-state index contributed by atoms with van der Waals surface area (Å²) in [4.78, 5) is 35.2. The lowest BCUT2D eigenvalue weighted by Crippen LogP contribution is -2.30. The van der Waals surface area contributed by atoms with Crippen LogP contribution < -0.4 is 4.90 Å². The fourth-order valence-corrected chi connectivity index (χ4v) is 2.39. The number of hydrogen-bond acceptors (Lipinski definition) is 4. The number of aromatic carboxylic acids is 1. The van der Waals surface area contributed by atoms with Crippen LogP contribution >= 0.6 is 11.3 Å². The molecule has 1 aromatic rings. The quantitative estimate of drug-likeness (QED) is 0.790. The summed E-state index contributed by atoms with van der Waals surface area (Å²) in [6.45, 7) is 1.66. The average molecular weight is 239 g/mol. The van der Waals surface area contributed by atoms with Crippen LogP contribution in [-0.4, -0.2) is 22.9 Å². The molecule has 1 atom stereocenters. The molecule has 1 fully saturated rings. The van der Waals surface area contributed by atoms with Crippen molar-refractivity contribution in [1.29, 1.82) is 0 Å². The second-order valence-electron chi connectivity index (χ2n) is 3.61. The van der Waals surface area contributed by atoms with E-state index < -0.39 is 5.97 Å². The van der Waals surface area contributed by atoms with Crippen molar-refractivity contribution in [1.82, 2.24) is 0 Å². The normalized spacial score (nSPS) is 20.6. The van der Waals surface area contributed by atoms with Crippen molar-refractivity contribution in [2.75, 3.05) is 4.90 Å². The Kier molecular flexibility index (Phi) is 2.51. The van der Waals surface area contributed by atoms with Crippen LogP contribution in [-0.2, 0) is 9.59 Å². The molecule has 2 amide bonds. The van der Waals surface area contributed by atoms with Gasteiger partial charge in [0.2, 0.25) is 11.8 Å². The third-order valence-corrected chi connectivity index (χ3v) is 3.34. The summed E-state index contributed by atoms with van der Waals surface area (Å²) in [6.07, 6.45) is 0.147. The molecule has 6 heteroatoms. The molecular weight excluding hydrogens is 230 g/mol. The number of carbonyl (C=O) groups excluding carboxylic acids is 2. The van der Waals surface area contributed by atoms with Crippen LogP contribution in [0.1, 0.15) is 23.0 Å². The van der Waals surface area contributed by atoms with Crippen molar-refractivity contribution >= 4 is 34.8 Å². The smallest absolute Gasteiger partial charge is 0.348 e. The molecule has 2 rings (SSSR count). The number of rotatable bonds is 2. The molecule has 1 aromatic heterocycles. The maximum atomic E-state index is 11.7. The van der Waals surface area contributed by atoms with Crippen LogP contribution in [0.15, 0.2) is 11.4 Å². The van der Waals surface area contributed by atoms with Gasteiger partial charge in [-0.1, -0.05) is 6.92 Å². The van der Waals surface area contributed by atoms with Gasteiger partial charge in [-0.3, -0.25) is 9.59 Å². The number of carbonyl (C=O) groups is 3. The predicted octanol–water partition coefficient (Wildman–Crippen LogP) is 1.35. The van der Waals surface area contributed by atoms with E-state index in [1.165, 1.54) is 6.07 Å². The van der Waals surface area contributed by atoms with E-state index in [4.69, 9.17) is 5.11 Å². The number of carboxylic acid groups (broad SMARTS) is 1. The van der Waals surface area contributed by atoms with Gasteiger partial charge in [-0.05, 0) is 11.4 Å². The number of nitrogens with zero attached hydrogens (tertiary/aromatic N) is 1. The second kappa shape index (κ2) is 3.71. The summed E-state index contributed by atoms with van der Waals surface area (Å²) < 4.78 is 0. The highest BCUT2D eigenvalue weighted by molar-refractivity contribution is 7.12. The van der Waals surface area contributed by atoms with Crippen molar-refractivity contribution in [3.63, 3.8) is 0 Å². The van der Waals surface area contributed by atoms with E-state index in [0.717, 1.165) is 16.2 Å². The Morgan fingerprint density at radius 1 is 1.56 bits per heavy atom. The molecule has 0 spiro atoms. The van der Waals surface area contributed by atoms with Crippen LogP contribution in [0.5, 0.6) is 0 Å². The molecule has 1 saturated heterocycles. The molecule has 2 heterocycles. The molecule has 0 bridgehead atoms. The summed E-state index contributed by atoms with van der Waals surface area (Å²) in [5.74, 6) is -2.15. The number of hydrogen-bond donors (Lipinski definition) is 1. The van der Waals surface area contributed by atoms with Crippen molar-refractivity contribution in [3.05, 3.63) is 16.3 Å². The fraction of sp³-hybridized carbons (Fsp3) is 0.300. The third kappa shape index (κ3) is 1.51. The molecule has 16 heavy (non-hydrogen) atoms. The van der Waals surface area contributed by atoms with Crippen molar-refractivity contribution < 1.29 is 19.5 Å². The van der Waals surface area contributed by atoms with Gasteiger partial charge in [0.15, 0.2) is 0 Å². The van der Waals surface area contributed by atoms with Gasteiger partial charge in [0, 0.05) is 12.3 Å². The van der Waals surface area contributed by atoms with Crippen molar-refractivity contribution in [2.24, 2.45) is 5.92 Å². The van der Waals surface area contributed by atoms with Crippen molar-refractivity contribution in [3.8, 4) is 0 Å². The van der Waals surface area contributed by atoms with Gasteiger partial charge < -0.3 is 5.11 Å². The molecular formula is C10H9NO4S. The van der Waals surface area contributed by atoms with Crippen LogP contribution in [0.3, 0.4) is 0 Å². The Morgan fingerprint density at radius 2 is 2.25 bits per heavy atom. The van der Waals surface area contributed by atoms with Gasteiger partial charge in [-0.25, -0.2) is 9.69 Å². The first kappa shape index (κ1) is 10.8. The largest absolute Gasteiger partial charge is 0.477 e. The number of anilines is 1. The molecule has 84 valence electrons. The topological polar surface area (TPSA) is 74.7 Å². The Balaban J connectivity index is 2.45. The summed E-state index contributed by atoms with van der Waals surface area (Å²) in [6, 6.07) is 1.49. The van der Waals surface area contributed by atoms with E-state index in [1.54, 1.807) is 12.3 Å². The Hall–Kier alpha value is -1.69. The number of carboxylic acids is 1. The minimum atomic E-state index is -1.12. The maximum Gasteiger partial charge on any atom is 0.348 e. The van der Waals surface area contributed by atoms with Gasteiger partial charge >= 0.3 is 5.97 Å². The van der Waals surface area contributed by atoms with Crippen LogP contribution in [0, 0.1) is 5.92 Å². The third-order valence-electron chi connectivity index (χ3n) is 2.45. The SMILES string of the molecule is CC1CC(=O)N(c2ccsc2C(=O)O)C1=O. The van der Waals surface area contributed by atoms with E-state index in [-0.39, 0.29) is 34.7 Å². The summed E-state index contributed by atoms with van der Waals surface area (Å²) >= 11 is 1.00. The minimum absolute atomic E-state index is 0.0239. The van der Waals surface area contributed by atoms with Gasteiger partial charge in [-0.2, -0.15) is 0 Å². The molecule has 0 aromatic carbocycles. The maximum absolute atomic E-state index is 11.7. The molecule has 0 radical (unpaired) electrons. The second-order valence-corrected chi connectivity index (χ2v) is 4.53. The van der Waals surface area contributed by atoms with E-state index in [2.05, 4.69) is 0 Å². The lowest BCUT2D eigenvalue weighted by molar-refractivity contribution is -0.122. The molecule has 1 aliphatic heterocycles. The highest BCUT2D eigenvalue weighted by Crippen LogP contribution is 2.32. The van der Waals surface area contributed by atoms with Gasteiger partial charge in [0.1, 0.15) is 4.88 Å². The highest BCUT2D eigenvalue weighted by Gasteiger charge is 2.38. The standard InChI is InChI=1S/C10H9NO4S/c1-5-4-7(12)11(9(5)13)6-2-3-16-8(6)10(14)15/h2-3,5H,4H2,1H3,(H,14,15). The van der Waals surface area contributed by atoms with E-state index in [0.29, 0.717) is 0 Å². The number of amides is 2. The van der Waals surface area contributed by atoms with Crippen LogP contribution in [0.4, 0.5) is 5.69 Å². The van der Waals surface area contributed by atoms with Gasteiger partial charge in [0.05, 0.1) is 5.69 Å². The van der Waals surface area contributed by atoms with Crippen LogP contribution in [0.25, 0.3) is 0 Å². The molecule has 5 nitrogen and oxygen atoms in total. The number of thiophene rings is 1. The fourth-order valence-electron chi connectivity index (χ4n) is 1.68. The van der Waals surface area contributed by atoms with Crippen molar-refractivity contribution in [2.45, 2.75) is 13.3 Å². The van der Waals surface area contributed by atoms with E-state index in [1.807, 2.05) is 0 Å². The minimum Gasteiger partial charge on any atom is -0.477 e. The Labute approximate surface area is 95.3 Å². The zero-order valence-corrected chi connectivity index (χ0v) is 9.28. The zero-order chi connectivity index (χ0) is 11.9. The monoisotopic (exact) mass is 239 g/mol. The summed E-state index contributed by atoms with van der Waals surface area (Å²) in [7, 11) is 0. The summed E-state index contributed by atoms with van der Waals surface area (Å²) in [5, 5.41) is 10.5. The number of imide groups is 1. The Bertz CT molecular complexity index is 479. The lowest BCUT2D eigenvalue weighted by atomic mass is 10.1. The predicted molar refractivity (Wildman–Crippen MR) is 57.6 cm³/mol. The highest BCUT2D eigenvalue weighted by atomic mass is 32.1. The summed E-state index contributed by atoms with van der Waals surface area (Å²) in [5.41, 5.74) is 0.192. The molecule has 0 aliphatic carbocycles. The van der Waals surface area contributed by atoms with E-state index in [9.17, 15) is 14.4 Å². The first-order valence-corrected chi connectivity index (χ1v) is 5.58. The van der Waals surface area contributed by atoms with E-state index >= 15 is 0 Å². The molecule has 1 unspecified atom stereocenters. The first-order valence-electron chi connectivity index (χ1n) is 4.70. The Morgan fingerprint density at radius 3 is 2.75 bits per heavy atom. The van der Waals surface area contributed by atoms with Gasteiger partial charge in [-0.15, -0.1) is 11.3 Å². The average Bonchev–Trinajstić information content (AvgIpc) is 2.73. The molecule has 0 saturated carbocycles. The van der Waals surface area contributed by atoms with Crippen LogP contribution in [0.2, 0.25) is 0 Å². The first-order chi connectivity index (χ1) is 7.52. The lowest BCUT2D eigenvalue weighted by Gasteiger charge is -2.13. The zero-order valence-electron chi connectivity index (χ0n) is 8.47. The molecule has 1 N–H and O–H groups in total.